The molecule has 1 aromatic heterocycles. The van der Waals surface area contributed by atoms with E-state index in [0.717, 1.165) is 22.5 Å². The average molecular weight is 508 g/mol. The predicted octanol–water partition coefficient (Wildman–Crippen LogP) is 4.98. The van der Waals surface area contributed by atoms with Crippen LogP contribution in [0.25, 0.3) is 6.08 Å². The number of nitrogens with one attached hydrogen (secondary N) is 1. The van der Waals surface area contributed by atoms with Crippen LogP contribution in [0.2, 0.25) is 0 Å². The lowest BCUT2D eigenvalue weighted by Crippen LogP contribution is -2.39. The first-order valence-electron chi connectivity index (χ1n) is 10.9. The summed E-state index contributed by atoms with van der Waals surface area (Å²) in [6.07, 6.45) is 1.77. The molecule has 1 N–H and O–H groups in total. The van der Waals surface area contributed by atoms with Crippen molar-refractivity contribution in [1.29, 1.82) is 0 Å². The monoisotopic (exact) mass is 507 g/mol. The number of thiocarbonyl (C=S) groups is 1. The Balaban J connectivity index is 1.46. The van der Waals surface area contributed by atoms with E-state index in [0.29, 0.717) is 26.4 Å². The summed E-state index contributed by atoms with van der Waals surface area (Å²) in [5.74, 6) is 0.415. The number of methoxy groups -OCH3 is 1. The van der Waals surface area contributed by atoms with Gasteiger partial charge in [-0.3, -0.25) is 14.3 Å². The molecule has 2 amide bonds. The SMILES string of the molecule is COc1cc(C=C2SC(=S)N(n3c(C)ccc3C)C2=O)ccc1OCC(=O)Nc1ccc(C)cc1. The van der Waals surface area contributed by atoms with Crippen molar-refractivity contribution in [3.63, 3.8) is 0 Å². The van der Waals surface area contributed by atoms with Gasteiger partial charge in [0.2, 0.25) is 0 Å². The predicted molar refractivity (Wildman–Crippen MR) is 144 cm³/mol. The highest BCUT2D eigenvalue weighted by atomic mass is 32.2. The van der Waals surface area contributed by atoms with E-state index in [1.807, 2.05) is 61.8 Å². The van der Waals surface area contributed by atoms with Crippen molar-refractivity contribution in [3.8, 4) is 11.5 Å². The van der Waals surface area contributed by atoms with Crippen molar-refractivity contribution >= 4 is 51.9 Å². The number of rotatable bonds is 7. The maximum atomic E-state index is 13.1. The Hall–Kier alpha value is -3.56. The lowest BCUT2D eigenvalue weighted by molar-refractivity contribution is -0.118. The maximum Gasteiger partial charge on any atom is 0.285 e. The number of carbonyl (C=O) groups excluding carboxylic acids is 2. The van der Waals surface area contributed by atoms with Gasteiger partial charge < -0.3 is 14.8 Å². The van der Waals surface area contributed by atoms with Crippen LogP contribution in [0.5, 0.6) is 11.5 Å². The van der Waals surface area contributed by atoms with Gasteiger partial charge in [-0.15, -0.1) is 0 Å². The Morgan fingerprint density at radius 2 is 1.71 bits per heavy atom. The molecule has 1 saturated heterocycles. The third kappa shape index (κ3) is 5.41. The molecule has 9 heteroatoms. The molecular formula is C26H25N3O4S2. The van der Waals surface area contributed by atoms with E-state index in [1.54, 1.807) is 24.3 Å². The van der Waals surface area contributed by atoms with Crippen LogP contribution in [-0.2, 0) is 9.59 Å². The Morgan fingerprint density at radius 3 is 2.37 bits per heavy atom. The highest BCUT2D eigenvalue weighted by molar-refractivity contribution is 8.27. The van der Waals surface area contributed by atoms with Gasteiger partial charge in [0, 0.05) is 17.1 Å². The normalized spacial score (nSPS) is 14.5. The van der Waals surface area contributed by atoms with E-state index in [4.69, 9.17) is 21.7 Å². The standard InChI is InChI=1S/C26H25N3O4S2/c1-16-5-10-20(11-6-16)27-24(30)15-33-21-12-9-19(13-22(21)32-4)14-23-25(31)29(26(34)35-23)28-17(2)7-8-18(28)3/h5-14H,15H2,1-4H3,(H,27,30). The molecule has 2 aromatic carbocycles. The number of carbonyl (C=O) groups is 2. The lowest BCUT2D eigenvalue weighted by atomic mass is 10.2. The molecule has 0 unspecified atom stereocenters. The van der Waals surface area contributed by atoms with Crippen LogP contribution in [-0.4, -0.2) is 34.5 Å². The molecule has 7 nitrogen and oxygen atoms in total. The molecule has 0 bridgehead atoms. The fourth-order valence-electron chi connectivity index (χ4n) is 3.63. The van der Waals surface area contributed by atoms with Gasteiger partial charge in [0.1, 0.15) is 0 Å². The number of hydrogen-bond acceptors (Lipinski definition) is 6. The molecule has 1 aliphatic heterocycles. The van der Waals surface area contributed by atoms with Gasteiger partial charge in [0.25, 0.3) is 11.8 Å². The van der Waals surface area contributed by atoms with E-state index in [9.17, 15) is 9.59 Å². The van der Waals surface area contributed by atoms with Crippen molar-refractivity contribution in [3.05, 3.63) is 82.0 Å². The van der Waals surface area contributed by atoms with Crippen molar-refractivity contribution in [2.45, 2.75) is 20.8 Å². The summed E-state index contributed by atoms with van der Waals surface area (Å²) in [4.78, 5) is 25.9. The quantitative estimate of drug-likeness (QED) is 0.359. The average Bonchev–Trinajstić information content (AvgIpc) is 3.30. The lowest BCUT2D eigenvalue weighted by Gasteiger charge is -2.20. The van der Waals surface area contributed by atoms with Crippen LogP contribution < -0.4 is 19.8 Å². The molecule has 0 saturated carbocycles. The number of hydrogen-bond donors (Lipinski definition) is 1. The van der Waals surface area contributed by atoms with Gasteiger partial charge in [0.05, 0.1) is 12.0 Å². The summed E-state index contributed by atoms with van der Waals surface area (Å²) in [5.41, 5.74) is 4.42. The molecule has 0 spiro atoms. The molecule has 180 valence electrons. The fraction of sp³-hybridized carbons (Fsp3) is 0.192. The van der Waals surface area contributed by atoms with Crippen molar-refractivity contribution in [2.75, 3.05) is 24.0 Å². The molecule has 0 atom stereocenters. The third-order valence-corrected chi connectivity index (χ3v) is 6.67. The number of amides is 2. The zero-order chi connectivity index (χ0) is 25.1. The molecule has 35 heavy (non-hydrogen) atoms. The summed E-state index contributed by atoms with van der Waals surface area (Å²) < 4.78 is 13.4. The Kier molecular flexibility index (Phi) is 7.28. The van der Waals surface area contributed by atoms with Crippen LogP contribution in [0.1, 0.15) is 22.5 Å². The van der Waals surface area contributed by atoms with E-state index >= 15 is 0 Å². The van der Waals surface area contributed by atoms with Gasteiger partial charge in [-0.1, -0.05) is 35.5 Å². The molecule has 3 aromatic rings. The number of benzene rings is 2. The zero-order valence-corrected chi connectivity index (χ0v) is 21.5. The topological polar surface area (TPSA) is 72.8 Å². The smallest absolute Gasteiger partial charge is 0.285 e. The molecule has 4 rings (SSSR count). The first kappa shape index (κ1) is 24.6. The van der Waals surface area contributed by atoms with Crippen molar-refractivity contribution in [2.24, 2.45) is 0 Å². The number of thioether (sulfide) groups is 1. The first-order chi connectivity index (χ1) is 16.8. The van der Waals surface area contributed by atoms with Crippen LogP contribution in [0.15, 0.2) is 59.5 Å². The van der Waals surface area contributed by atoms with Crippen LogP contribution in [0.3, 0.4) is 0 Å². The van der Waals surface area contributed by atoms with E-state index < -0.39 is 0 Å². The summed E-state index contributed by atoms with van der Waals surface area (Å²) in [6, 6.07) is 16.7. The molecule has 1 fully saturated rings. The van der Waals surface area contributed by atoms with Gasteiger partial charge in [-0.25, -0.2) is 0 Å². The fourth-order valence-corrected chi connectivity index (χ4v) is 4.87. The van der Waals surface area contributed by atoms with Crippen LogP contribution in [0.4, 0.5) is 5.69 Å². The number of aromatic nitrogens is 1. The second-order valence-electron chi connectivity index (χ2n) is 8.03. The van der Waals surface area contributed by atoms with Crippen molar-refractivity contribution in [1.82, 2.24) is 4.68 Å². The van der Waals surface area contributed by atoms with E-state index in [-0.39, 0.29) is 18.4 Å². The minimum Gasteiger partial charge on any atom is -0.493 e. The van der Waals surface area contributed by atoms with Gasteiger partial charge in [-0.05, 0) is 81.0 Å². The largest absolute Gasteiger partial charge is 0.493 e. The molecular weight excluding hydrogens is 482 g/mol. The molecule has 1 aliphatic rings. The highest BCUT2D eigenvalue weighted by Crippen LogP contribution is 2.35. The van der Waals surface area contributed by atoms with Crippen LogP contribution >= 0.6 is 24.0 Å². The minimum absolute atomic E-state index is 0.169. The summed E-state index contributed by atoms with van der Waals surface area (Å²) in [6.45, 7) is 5.67. The second kappa shape index (κ2) is 10.4. The second-order valence-corrected chi connectivity index (χ2v) is 9.71. The van der Waals surface area contributed by atoms with Gasteiger partial charge in [-0.2, -0.15) is 5.01 Å². The number of nitrogens with zero attached hydrogens (tertiary/aromatic N) is 2. The van der Waals surface area contributed by atoms with E-state index in [1.165, 1.54) is 23.9 Å². The summed E-state index contributed by atoms with van der Waals surface area (Å²) >= 11 is 6.73. The summed E-state index contributed by atoms with van der Waals surface area (Å²) in [5, 5.41) is 4.31. The zero-order valence-electron chi connectivity index (χ0n) is 19.8. The van der Waals surface area contributed by atoms with Crippen molar-refractivity contribution < 1.29 is 19.1 Å². The molecule has 0 aliphatic carbocycles. The highest BCUT2D eigenvalue weighted by Gasteiger charge is 2.34. The molecule has 2 heterocycles. The Labute approximate surface area is 213 Å². The Bertz CT molecular complexity index is 1310. The molecule has 0 radical (unpaired) electrons. The third-order valence-electron chi connectivity index (χ3n) is 5.39. The Morgan fingerprint density at radius 1 is 1.03 bits per heavy atom. The van der Waals surface area contributed by atoms with Gasteiger partial charge >= 0.3 is 0 Å². The first-order valence-corrected chi connectivity index (χ1v) is 12.1. The number of ether oxygens (including phenoxy) is 2. The van der Waals surface area contributed by atoms with Gasteiger partial charge in [0.15, 0.2) is 22.4 Å². The minimum atomic E-state index is -0.278. The summed E-state index contributed by atoms with van der Waals surface area (Å²) in [7, 11) is 1.52. The number of aryl methyl sites for hydroxylation is 3. The van der Waals surface area contributed by atoms with Crippen LogP contribution in [0, 0.1) is 20.8 Å². The van der Waals surface area contributed by atoms with E-state index in [2.05, 4.69) is 5.32 Å². The number of anilines is 1. The maximum absolute atomic E-state index is 13.1.